The molecule has 0 N–H and O–H groups in total. The van der Waals surface area contributed by atoms with Crippen LogP contribution >= 0.6 is 47.0 Å². The first-order valence-corrected chi connectivity index (χ1v) is 13.7. The van der Waals surface area contributed by atoms with Gasteiger partial charge in [-0.25, -0.2) is 0 Å². The first-order valence-electron chi connectivity index (χ1n) is 9.71. The van der Waals surface area contributed by atoms with Crippen LogP contribution in [-0.4, -0.2) is 49.2 Å². The lowest BCUT2D eigenvalue weighted by Gasteiger charge is -2.44. The van der Waals surface area contributed by atoms with Crippen molar-refractivity contribution in [1.29, 1.82) is 0 Å². The molecule has 5 rings (SSSR count). The van der Waals surface area contributed by atoms with Crippen molar-refractivity contribution in [3.8, 4) is 0 Å². The maximum Gasteiger partial charge on any atom is 0.182 e. The van der Waals surface area contributed by atoms with E-state index in [1.54, 1.807) is 0 Å². The van der Waals surface area contributed by atoms with Crippen molar-refractivity contribution in [3.05, 3.63) is 11.6 Å². The van der Waals surface area contributed by atoms with Crippen LogP contribution in [0.15, 0.2) is 11.6 Å². The van der Waals surface area contributed by atoms with Crippen LogP contribution in [0.1, 0.15) is 51.9 Å². The van der Waals surface area contributed by atoms with Crippen LogP contribution in [-0.2, 0) is 9.47 Å². The Morgan fingerprint density at radius 2 is 1.68 bits per heavy atom. The summed E-state index contributed by atoms with van der Waals surface area (Å²) in [5.74, 6) is 5.21. The minimum atomic E-state index is -0.0995. The molecule has 5 aliphatic rings. The number of allylic oxidation sites excluding steroid dienone is 1. The number of hydrogen-bond donors (Lipinski definition) is 0. The molecule has 0 aromatic carbocycles. The topological polar surface area (TPSA) is 18.5 Å². The predicted octanol–water partition coefficient (Wildman–Crippen LogP) is 5.52. The van der Waals surface area contributed by atoms with Gasteiger partial charge in [0.1, 0.15) is 10.2 Å². The van der Waals surface area contributed by atoms with E-state index in [4.69, 9.17) is 9.47 Å². The van der Waals surface area contributed by atoms with Crippen LogP contribution in [0.5, 0.6) is 0 Å². The van der Waals surface area contributed by atoms with Crippen LogP contribution in [0.4, 0.5) is 0 Å². The van der Waals surface area contributed by atoms with Crippen molar-refractivity contribution < 1.29 is 9.47 Å². The summed E-state index contributed by atoms with van der Waals surface area (Å²) in [5, 5.41) is 0. The van der Waals surface area contributed by atoms with Gasteiger partial charge in [-0.2, -0.15) is 0 Å². The summed E-state index contributed by atoms with van der Waals surface area (Å²) in [4.78, 5) is 0. The lowest BCUT2D eigenvalue weighted by molar-refractivity contribution is -0.116. The van der Waals surface area contributed by atoms with Crippen LogP contribution in [0, 0.1) is 0 Å². The van der Waals surface area contributed by atoms with Gasteiger partial charge in [0.15, 0.2) is 6.29 Å². The summed E-state index contributed by atoms with van der Waals surface area (Å²) < 4.78 is 13.8. The molecule has 6 heteroatoms. The zero-order chi connectivity index (χ0) is 17.0. The summed E-state index contributed by atoms with van der Waals surface area (Å²) in [5.41, 5.74) is 1.43. The molecule has 2 bridgehead atoms. The average Bonchev–Trinajstić information content (AvgIpc) is 2.96. The quantitative estimate of drug-likeness (QED) is 0.520. The summed E-state index contributed by atoms with van der Waals surface area (Å²) in [7, 11) is 0. The monoisotopic (exact) mass is 416 g/mol. The Balaban J connectivity index is 1.33. The van der Waals surface area contributed by atoms with Crippen LogP contribution in [0.25, 0.3) is 0 Å². The molecule has 1 aliphatic carbocycles. The van der Waals surface area contributed by atoms with Crippen LogP contribution < -0.4 is 0 Å². The van der Waals surface area contributed by atoms with E-state index in [9.17, 15) is 0 Å². The average molecular weight is 417 g/mol. The van der Waals surface area contributed by atoms with Crippen molar-refractivity contribution in [2.75, 3.05) is 23.0 Å². The maximum absolute atomic E-state index is 6.65. The van der Waals surface area contributed by atoms with Gasteiger partial charge in [-0.15, -0.1) is 47.0 Å². The Labute approximate surface area is 168 Å². The minimum absolute atomic E-state index is 0.0123. The van der Waals surface area contributed by atoms with Gasteiger partial charge in [0.05, 0.1) is 9.68 Å². The molecule has 4 fully saturated rings. The maximum atomic E-state index is 6.65. The van der Waals surface area contributed by atoms with Gasteiger partial charge in [-0.1, -0.05) is 6.08 Å². The molecule has 25 heavy (non-hydrogen) atoms. The molecular weight excluding hydrogens is 388 g/mol. The molecule has 0 unspecified atom stereocenters. The fraction of sp³-hybridized carbons (Fsp3) is 0.895. The van der Waals surface area contributed by atoms with E-state index in [0.29, 0.717) is 4.08 Å². The molecule has 0 aromatic heterocycles. The zero-order valence-electron chi connectivity index (χ0n) is 15.0. The number of ether oxygens (including phenoxy) is 2. The number of rotatable bonds is 1. The van der Waals surface area contributed by atoms with Crippen molar-refractivity contribution in [2.45, 2.75) is 78.0 Å². The Hall–Kier alpha value is 1.06. The van der Waals surface area contributed by atoms with Crippen molar-refractivity contribution in [2.24, 2.45) is 0 Å². The van der Waals surface area contributed by atoms with Gasteiger partial charge in [-0.3, -0.25) is 0 Å². The van der Waals surface area contributed by atoms with Gasteiger partial charge >= 0.3 is 0 Å². The van der Waals surface area contributed by atoms with Gasteiger partial charge < -0.3 is 9.47 Å². The van der Waals surface area contributed by atoms with Crippen molar-refractivity contribution >= 4 is 47.0 Å². The van der Waals surface area contributed by atoms with Crippen molar-refractivity contribution in [3.63, 3.8) is 0 Å². The normalized spacial score (nSPS) is 42.5. The first kappa shape index (κ1) is 18.1. The summed E-state index contributed by atoms with van der Waals surface area (Å²) in [6, 6.07) is 0. The van der Waals surface area contributed by atoms with Gasteiger partial charge in [0.2, 0.25) is 0 Å². The number of thioether (sulfide) groups is 4. The third-order valence-corrected chi connectivity index (χ3v) is 13.3. The number of fused-ring (bicyclic) bond motifs is 3. The first-order chi connectivity index (χ1) is 12.1. The highest BCUT2D eigenvalue weighted by molar-refractivity contribution is 8.19. The highest BCUT2D eigenvalue weighted by Crippen LogP contribution is 2.60. The molecule has 4 saturated heterocycles. The SMILES string of the molecule is C[C@]12CCC3(SCCCS3)[C@H](O[C@H]1C1=CCC3(CC1)SCCCS3)O2. The third-order valence-electron chi connectivity index (χ3n) is 6.33. The molecule has 0 aromatic rings. The van der Waals surface area contributed by atoms with E-state index in [-0.39, 0.29) is 22.1 Å². The Morgan fingerprint density at radius 3 is 2.36 bits per heavy atom. The van der Waals surface area contributed by atoms with E-state index in [1.807, 2.05) is 0 Å². The molecule has 2 nitrogen and oxygen atoms in total. The smallest absolute Gasteiger partial charge is 0.182 e. The highest BCUT2D eigenvalue weighted by Gasteiger charge is 2.60. The fourth-order valence-electron chi connectivity index (χ4n) is 4.82. The predicted molar refractivity (Wildman–Crippen MR) is 114 cm³/mol. The van der Waals surface area contributed by atoms with E-state index in [2.05, 4.69) is 60.0 Å². The standard InChI is InChI=1S/C19H28O2S4/c1-17-8-9-19(24-12-3-13-25-19)16(21-17)20-15(17)14-4-6-18(7-5-14)22-10-2-11-23-18/h4,15-16H,2-3,5-13H2,1H3/t15-,16+,17-/m0/s1. The van der Waals surface area contributed by atoms with Crippen molar-refractivity contribution in [1.82, 2.24) is 0 Å². The minimum Gasteiger partial charge on any atom is -0.341 e. The van der Waals surface area contributed by atoms with E-state index in [1.165, 1.54) is 67.1 Å². The lowest BCUT2D eigenvalue weighted by atomic mass is 9.83. The lowest BCUT2D eigenvalue weighted by Crippen LogP contribution is -2.47. The zero-order valence-corrected chi connectivity index (χ0v) is 18.2. The second kappa shape index (κ2) is 6.84. The van der Waals surface area contributed by atoms with Gasteiger partial charge in [0, 0.05) is 0 Å². The molecule has 3 atom stereocenters. The molecule has 0 radical (unpaired) electrons. The third kappa shape index (κ3) is 3.15. The van der Waals surface area contributed by atoms with Crippen LogP contribution in [0.3, 0.4) is 0 Å². The second-order valence-electron chi connectivity index (χ2n) is 8.09. The summed E-state index contributed by atoms with van der Waals surface area (Å²) in [6.45, 7) is 2.30. The second-order valence-corrected chi connectivity index (χ2v) is 14.4. The van der Waals surface area contributed by atoms with E-state index < -0.39 is 0 Å². The van der Waals surface area contributed by atoms with E-state index in [0.717, 1.165) is 6.42 Å². The molecule has 2 spiro atoms. The molecule has 140 valence electrons. The van der Waals surface area contributed by atoms with Gasteiger partial charge in [-0.05, 0) is 80.5 Å². The Morgan fingerprint density at radius 1 is 0.960 bits per heavy atom. The molecule has 4 aliphatic heterocycles. The Kier molecular flexibility index (Phi) is 4.95. The molecular formula is C19H28O2S4. The largest absolute Gasteiger partial charge is 0.341 e. The molecule has 4 heterocycles. The fourth-order valence-corrected chi connectivity index (χ4v) is 11.3. The highest BCUT2D eigenvalue weighted by atomic mass is 32.2. The van der Waals surface area contributed by atoms with Crippen LogP contribution in [0.2, 0.25) is 0 Å². The van der Waals surface area contributed by atoms with Gasteiger partial charge in [0.25, 0.3) is 0 Å². The number of hydrogen-bond acceptors (Lipinski definition) is 6. The summed E-state index contributed by atoms with van der Waals surface area (Å²) in [6.07, 6.45) is 11.5. The molecule has 0 amide bonds. The summed E-state index contributed by atoms with van der Waals surface area (Å²) >= 11 is 8.61. The van der Waals surface area contributed by atoms with E-state index >= 15 is 0 Å². The molecule has 0 saturated carbocycles. The Bertz CT molecular complexity index is 554.